The lowest BCUT2D eigenvalue weighted by molar-refractivity contribution is 0.401. The second-order valence-electron chi connectivity index (χ2n) is 4.01. The number of aromatic nitrogens is 4. The summed E-state index contributed by atoms with van der Waals surface area (Å²) in [7, 11) is 1.58. The number of methoxy groups -OCH3 is 1. The molecular weight excluding hydrogens is 308 g/mol. The highest BCUT2D eigenvalue weighted by atomic mass is 79.9. The number of imidazole rings is 1. The Balaban J connectivity index is 2.11. The van der Waals surface area contributed by atoms with E-state index in [1.54, 1.807) is 7.11 Å². The summed E-state index contributed by atoms with van der Waals surface area (Å²) in [6, 6.07) is 10.2. The third-order valence-electron chi connectivity index (χ3n) is 2.83. The van der Waals surface area contributed by atoms with Crippen LogP contribution in [0.2, 0.25) is 0 Å². The Morgan fingerprint density at radius 1 is 1.21 bits per heavy atom. The molecule has 1 aromatic carbocycles. The summed E-state index contributed by atoms with van der Waals surface area (Å²) in [6.45, 7) is 0.693. The van der Waals surface area contributed by atoms with E-state index in [9.17, 15) is 0 Å². The van der Waals surface area contributed by atoms with E-state index in [0.717, 1.165) is 5.65 Å². The van der Waals surface area contributed by atoms with Gasteiger partial charge in [0.05, 0.1) is 13.7 Å². The molecule has 0 saturated carbocycles. The van der Waals surface area contributed by atoms with Crippen molar-refractivity contribution in [2.75, 3.05) is 7.11 Å². The maximum atomic E-state index is 5.20. The van der Waals surface area contributed by atoms with Crippen LogP contribution in [0.15, 0.2) is 41.4 Å². The van der Waals surface area contributed by atoms with Gasteiger partial charge in [-0.05, 0) is 21.5 Å². The van der Waals surface area contributed by atoms with Gasteiger partial charge in [0, 0.05) is 0 Å². The molecule has 0 bridgehead atoms. The molecule has 0 radical (unpaired) electrons. The number of benzene rings is 1. The zero-order valence-corrected chi connectivity index (χ0v) is 11.8. The van der Waals surface area contributed by atoms with Crippen LogP contribution in [0.5, 0.6) is 5.88 Å². The molecule has 0 aliphatic carbocycles. The van der Waals surface area contributed by atoms with E-state index in [0.29, 0.717) is 22.7 Å². The summed E-state index contributed by atoms with van der Waals surface area (Å²) in [5.74, 6) is 0.484. The van der Waals surface area contributed by atoms with Crippen LogP contribution in [-0.2, 0) is 6.54 Å². The van der Waals surface area contributed by atoms with Gasteiger partial charge >= 0.3 is 0 Å². The number of rotatable bonds is 3. The van der Waals surface area contributed by atoms with Gasteiger partial charge < -0.3 is 4.74 Å². The predicted molar refractivity (Wildman–Crippen MR) is 75.1 cm³/mol. The SMILES string of the molecule is COc1ncnc2c1nc(Br)n2Cc1ccccc1. The molecule has 96 valence electrons. The van der Waals surface area contributed by atoms with Crippen LogP contribution in [0.25, 0.3) is 11.2 Å². The van der Waals surface area contributed by atoms with E-state index in [2.05, 4.69) is 43.0 Å². The van der Waals surface area contributed by atoms with Gasteiger partial charge in [-0.25, -0.2) is 9.97 Å². The maximum Gasteiger partial charge on any atom is 0.245 e. The molecule has 0 unspecified atom stereocenters. The summed E-state index contributed by atoms with van der Waals surface area (Å²) in [4.78, 5) is 12.8. The van der Waals surface area contributed by atoms with E-state index < -0.39 is 0 Å². The van der Waals surface area contributed by atoms with Crippen LogP contribution in [0, 0.1) is 0 Å². The van der Waals surface area contributed by atoms with Crippen LogP contribution in [0.1, 0.15) is 5.56 Å². The van der Waals surface area contributed by atoms with Gasteiger partial charge in [-0.1, -0.05) is 30.3 Å². The Labute approximate surface area is 118 Å². The van der Waals surface area contributed by atoms with Crippen LogP contribution in [-0.4, -0.2) is 26.6 Å². The first-order chi connectivity index (χ1) is 9.29. The number of hydrogen-bond donors (Lipinski definition) is 0. The third kappa shape index (κ3) is 2.19. The van der Waals surface area contributed by atoms with Crippen molar-refractivity contribution in [2.24, 2.45) is 0 Å². The molecule has 0 atom stereocenters. The van der Waals surface area contributed by atoms with E-state index >= 15 is 0 Å². The number of halogens is 1. The van der Waals surface area contributed by atoms with Crippen LogP contribution in [0.3, 0.4) is 0 Å². The number of ether oxygens (including phenoxy) is 1. The highest BCUT2D eigenvalue weighted by Crippen LogP contribution is 2.25. The Kier molecular flexibility index (Phi) is 3.16. The highest BCUT2D eigenvalue weighted by molar-refractivity contribution is 9.10. The van der Waals surface area contributed by atoms with Crippen LogP contribution < -0.4 is 4.74 Å². The van der Waals surface area contributed by atoms with Gasteiger partial charge in [-0.15, -0.1) is 0 Å². The minimum atomic E-state index is 0.484. The second kappa shape index (κ2) is 4.97. The molecule has 0 spiro atoms. The molecule has 3 rings (SSSR count). The smallest absolute Gasteiger partial charge is 0.245 e. The van der Waals surface area contributed by atoms with Crippen LogP contribution >= 0.6 is 15.9 Å². The molecule has 0 aliphatic heterocycles. The Morgan fingerprint density at radius 3 is 2.74 bits per heavy atom. The number of nitrogens with zero attached hydrogens (tertiary/aromatic N) is 4. The van der Waals surface area contributed by atoms with E-state index in [1.165, 1.54) is 11.9 Å². The van der Waals surface area contributed by atoms with Crippen molar-refractivity contribution in [1.29, 1.82) is 0 Å². The molecule has 3 aromatic rings. The van der Waals surface area contributed by atoms with Crippen molar-refractivity contribution < 1.29 is 4.74 Å². The van der Waals surface area contributed by atoms with Crippen molar-refractivity contribution >= 4 is 27.1 Å². The quantitative estimate of drug-likeness (QED) is 0.697. The Hall–Kier alpha value is -1.95. The van der Waals surface area contributed by atoms with Gasteiger partial charge in [0.15, 0.2) is 15.9 Å². The van der Waals surface area contributed by atoms with Crippen molar-refractivity contribution in [2.45, 2.75) is 6.54 Å². The Morgan fingerprint density at radius 2 is 2.00 bits per heavy atom. The first kappa shape index (κ1) is 12.1. The monoisotopic (exact) mass is 318 g/mol. The second-order valence-corrected chi connectivity index (χ2v) is 4.72. The first-order valence-corrected chi connectivity index (χ1v) is 6.53. The summed E-state index contributed by atoms with van der Waals surface area (Å²) in [5.41, 5.74) is 2.59. The van der Waals surface area contributed by atoms with Gasteiger partial charge in [-0.3, -0.25) is 4.57 Å². The number of hydrogen-bond acceptors (Lipinski definition) is 4. The van der Waals surface area contributed by atoms with Gasteiger partial charge in [0.25, 0.3) is 0 Å². The van der Waals surface area contributed by atoms with Gasteiger partial charge in [-0.2, -0.15) is 4.98 Å². The van der Waals surface area contributed by atoms with Crippen molar-refractivity contribution in [3.05, 3.63) is 47.0 Å². The molecule has 0 saturated heterocycles. The molecule has 6 heteroatoms. The number of fused-ring (bicyclic) bond motifs is 1. The normalized spacial score (nSPS) is 10.8. The average Bonchev–Trinajstić information content (AvgIpc) is 2.76. The first-order valence-electron chi connectivity index (χ1n) is 5.74. The average molecular weight is 319 g/mol. The molecule has 19 heavy (non-hydrogen) atoms. The van der Waals surface area contributed by atoms with Gasteiger partial charge in [0.2, 0.25) is 5.88 Å². The van der Waals surface area contributed by atoms with Crippen molar-refractivity contribution in [3.8, 4) is 5.88 Å². The Bertz CT molecular complexity index is 711. The molecule has 2 aromatic heterocycles. The summed E-state index contributed by atoms with van der Waals surface area (Å²) >= 11 is 3.46. The topological polar surface area (TPSA) is 52.8 Å². The molecule has 2 heterocycles. The van der Waals surface area contributed by atoms with E-state index in [4.69, 9.17) is 4.74 Å². The largest absolute Gasteiger partial charge is 0.479 e. The molecule has 0 amide bonds. The molecule has 5 nitrogen and oxygen atoms in total. The lowest BCUT2D eigenvalue weighted by Crippen LogP contribution is -2.01. The summed E-state index contributed by atoms with van der Waals surface area (Å²) in [6.07, 6.45) is 1.48. The van der Waals surface area contributed by atoms with Crippen molar-refractivity contribution in [1.82, 2.24) is 19.5 Å². The zero-order valence-electron chi connectivity index (χ0n) is 10.2. The molecule has 0 fully saturated rings. The summed E-state index contributed by atoms with van der Waals surface area (Å²) < 4.78 is 7.89. The minimum Gasteiger partial charge on any atom is -0.479 e. The van der Waals surface area contributed by atoms with Crippen LogP contribution in [0.4, 0.5) is 0 Å². The maximum absolute atomic E-state index is 5.20. The molecule has 0 aliphatic rings. The standard InChI is InChI=1S/C13H11BrN4O/c1-19-12-10-11(15-8-16-12)18(13(14)17-10)7-9-5-3-2-4-6-9/h2-6,8H,7H2,1H3. The third-order valence-corrected chi connectivity index (χ3v) is 3.43. The van der Waals surface area contributed by atoms with E-state index in [1.807, 2.05) is 22.8 Å². The fourth-order valence-electron chi connectivity index (χ4n) is 1.94. The fourth-order valence-corrected chi connectivity index (χ4v) is 2.42. The summed E-state index contributed by atoms with van der Waals surface area (Å²) in [5, 5.41) is 0. The lowest BCUT2D eigenvalue weighted by Gasteiger charge is -2.05. The van der Waals surface area contributed by atoms with Gasteiger partial charge in [0.1, 0.15) is 6.33 Å². The fraction of sp³-hybridized carbons (Fsp3) is 0.154. The lowest BCUT2D eigenvalue weighted by atomic mass is 10.2. The molecule has 0 N–H and O–H groups in total. The minimum absolute atomic E-state index is 0.484. The highest BCUT2D eigenvalue weighted by Gasteiger charge is 2.14. The zero-order chi connectivity index (χ0) is 13.2. The molecular formula is C13H11BrN4O. The van der Waals surface area contributed by atoms with E-state index in [-0.39, 0.29) is 0 Å². The predicted octanol–water partition coefficient (Wildman–Crippen LogP) is 2.65. The van der Waals surface area contributed by atoms with Crippen molar-refractivity contribution in [3.63, 3.8) is 0 Å².